The molecule has 0 aliphatic heterocycles. The van der Waals surface area contributed by atoms with E-state index in [1.165, 1.54) is 20.5 Å². The Kier molecular flexibility index (Phi) is 3.17. The number of hydrogen-bond acceptors (Lipinski definition) is 4. The average molecular weight is 201 g/mol. The first-order valence-corrected chi connectivity index (χ1v) is 4.95. The average Bonchev–Trinajstić information content (AvgIpc) is 2.10. The molecule has 14 heavy (non-hydrogen) atoms. The molecule has 4 heteroatoms. The Bertz CT molecular complexity index is 221. The van der Waals surface area contributed by atoms with Gasteiger partial charge in [-0.25, -0.2) is 4.79 Å². The van der Waals surface area contributed by atoms with Gasteiger partial charge in [-0.3, -0.25) is 0 Å². The lowest BCUT2D eigenvalue weighted by Gasteiger charge is -2.41. The number of β-amino-alcohol motifs (C(OH)–C–C–N with tert-alkyl or cyclic N) is 1. The molecule has 1 unspecified atom stereocenters. The first-order chi connectivity index (χ1) is 6.40. The summed E-state index contributed by atoms with van der Waals surface area (Å²) in [4.78, 5) is 11.1. The van der Waals surface area contributed by atoms with Gasteiger partial charge in [-0.15, -0.1) is 0 Å². The molecule has 0 spiro atoms. The normalized spacial score (nSPS) is 23.4. The summed E-state index contributed by atoms with van der Waals surface area (Å²) in [5.74, 6) is -0.590. The molecule has 1 saturated carbocycles. The Morgan fingerprint density at radius 3 is 2.57 bits per heavy atom. The van der Waals surface area contributed by atoms with Crippen LogP contribution in [0.25, 0.3) is 0 Å². The lowest BCUT2D eigenvalue weighted by Crippen LogP contribution is -2.55. The fraction of sp³-hybridized carbons (Fsp3) is 0.900. The Labute approximate surface area is 84.6 Å². The zero-order chi connectivity index (χ0) is 10.8. The van der Waals surface area contributed by atoms with Crippen molar-refractivity contribution in [2.24, 2.45) is 0 Å². The summed E-state index contributed by atoms with van der Waals surface area (Å²) in [5.41, 5.74) is -1.33. The van der Waals surface area contributed by atoms with Gasteiger partial charge in [0.05, 0.1) is 7.11 Å². The van der Waals surface area contributed by atoms with E-state index in [-0.39, 0.29) is 12.1 Å². The van der Waals surface area contributed by atoms with Crippen molar-refractivity contribution in [1.29, 1.82) is 0 Å². The molecule has 1 aliphatic rings. The second kappa shape index (κ2) is 3.87. The van der Waals surface area contributed by atoms with E-state index in [0.717, 1.165) is 12.8 Å². The summed E-state index contributed by atoms with van der Waals surface area (Å²) in [6.45, 7) is 3.81. The summed E-state index contributed by atoms with van der Waals surface area (Å²) >= 11 is 0. The molecule has 1 aliphatic carbocycles. The first kappa shape index (κ1) is 11.5. The van der Waals surface area contributed by atoms with Crippen molar-refractivity contribution in [3.8, 4) is 0 Å². The lowest BCUT2D eigenvalue weighted by atomic mass is 9.78. The molecule has 0 bridgehead atoms. The highest BCUT2D eigenvalue weighted by molar-refractivity contribution is 5.78. The highest BCUT2D eigenvalue weighted by atomic mass is 16.5. The van der Waals surface area contributed by atoms with Crippen LogP contribution in [0.4, 0.5) is 0 Å². The molecular weight excluding hydrogens is 182 g/mol. The molecule has 0 heterocycles. The van der Waals surface area contributed by atoms with Gasteiger partial charge < -0.3 is 15.2 Å². The maximum atomic E-state index is 11.1. The van der Waals surface area contributed by atoms with E-state index in [9.17, 15) is 9.90 Å². The summed E-state index contributed by atoms with van der Waals surface area (Å²) in [7, 11) is 1.28. The van der Waals surface area contributed by atoms with Crippen LogP contribution >= 0.6 is 0 Å². The Hall–Kier alpha value is -0.610. The van der Waals surface area contributed by atoms with Crippen LogP contribution < -0.4 is 5.32 Å². The number of methoxy groups -OCH3 is 1. The third kappa shape index (κ3) is 2.45. The topological polar surface area (TPSA) is 58.6 Å². The molecule has 1 rings (SSSR count). The highest BCUT2D eigenvalue weighted by Crippen LogP contribution is 2.31. The zero-order valence-electron chi connectivity index (χ0n) is 9.09. The SMILES string of the molecule is COC(=O)C(C)(O)CNC1(C)CCC1. The van der Waals surface area contributed by atoms with Gasteiger partial charge in [0.15, 0.2) is 5.60 Å². The number of ether oxygens (including phenoxy) is 1. The predicted octanol–water partition coefficient (Wildman–Crippen LogP) is 0.443. The number of esters is 1. The predicted molar refractivity (Wildman–Crippen MR) is 52.9 cm³/mol. The van der Waals surface area contributed by atoms with Crippen molar-refractivity contribution in [3.05, 3.63) is 0 Å². The summed E-state index contributed by atoms with van der Waals surface area (Å²) < 4.78 is 4.50. The fourth-order valence-electron chi connectivity index (χ4n) is 1.56. The van der Waals surface area contributed by atoms with Gasteiger partial charge in [-0.2, -0.15) is 0 Å². The minimum atomic E-state index is -1.42. The summed E-state index contributed by atoms with van der Waals surface area (Å²) in [6.07, 6.45) is 3.42. The molecule has 0 aromatic rings. The van der Waals surface area contributed by atoms with Crippen LogP contribution in [0.1, 0.15) is 33.1 Å². The fourth-order valence-corrected chi connectivity index (χ4v) is 1.56. The quantitative estimate of drug-likeness (QED) is 0.648. The molecular formula is C10H19NO3. The second-order valence-electron chi connectivity index (χ2n) is 4.53. The molecule has 0 saturated heterocycles. The first-order valence-electron chi connectivity index (χ1n) is 4.95. The van der Waals surface area contributed by atoms with Gasteiger partial charge in [0.25, 0.3) is 0 Å². The third-order valence-electron chi connectivity index (χ3n) is 2.94. The molecule has 82 valence electrons. The van der Waals surface area contributed by atoms with E-state index in [2.05, 4.69) is 17.0 Å². The summed E-state index contributed by atoms with van der Waals surface area (Å²) in [5, 5.41) is 12.9. The standard InChI is InChI=1S/C10H19NO3/c1-9(5-4-6-9)11-7-10(2,13)8(12)14-3/h11,13H,4-7H2,1-3H3. The van der Waals surface area contributed by atoms with E-state index in [1.54, 1.807) is 0 Å². The Balaban J connectivity index is 2.39. The van der Waals surface area contributed by atoms with Crippen molar-refractivity contribution in [2.45, 2.75) is 44.2 Å². The molecule has 0 aromatic heterocycles. The largest absolute Gasteiger partial charge is 0.467 e. The van der Waals surface area contributed by atoms with Crippen LogP contribution in [-0.4, -0.2) is 35.9 Å². The van der Waals surface area contributed by atoms with Gasteiger partial charge in [0.1, 0.15) is 0 Å². The number of carbonyl (C=O) groups excluding carboxylic acids is 1. The molecule has 4 nitrogen and oxygen atoms in total. The van der Waals surface area contributed by atoms with Crippen molar-refractivity contribution < 1.29 is 14.6 Å². The number of hydrogen-bond donors (Lipinski definition) is 2. The van der Waals surface area contributed by atoms with Crippen LogP contribution in [0.2, 0.25) is 0 Å². The van der Waals surface area contributed by atoms with Crippen molar-refractivity contribution in [1.82, 2.24) is 5.32 Å². The third-order valence-corrected chi connectivity index (χ3v) is 2.94. The highest BCUT2D eigenvalue weighted by Gasteiger charge is 2.37. The maximum Gasteiger partial charge on any atom is 0.338 e. The number of nitrogens with one attached hydrogen (secondary N) is 1. The number of rotatable bonds is 4. The van der Waals surface area contributed by atoms with E-state index < -0.39 is 11.6 Å². The molecule has 1 fully saturated rings. The van der Waals surface area contributed by atoms with Crippen LogP contribution in [-0.2, 0) is 9.53 Å². The Morgan fingerprint density at radius 1 is 1.64 bits per heavy atom. The van der Waals surface area contributed by atoms with E-state index in [0.29, 0.717) is 0 Å². The number of aliphatic hydroxyl groups is 1. The minimum absolute atomic E-state index is 0.0952. The van der Waals surface area contributed by atoms with Gasteiger partial charge in [0, 0.05) is 12.1 Å². The van der Waals surface area contributed by atoms with E-state index >= 15 is 0 Å². The molecule has 0 radical (unpaired) electrons. The maximum absolute atomic E-state index is 11.1. The molecule has 0 aromatic carbocycles. The monoisotopic (exact) mass is 201 g/mol. The van der Waals surface area contributed by atoms with Crippen LogP contribution in [0.5, 0.6) is 0 Å². The van der Waals surface area contributed by atoms with Gasteiger partial charge in [-0.05, 0) is 33.1 Å². The van der Waals surface area contributed by atoms with Crippen molar-refractivity contribution >= 4 is 5.97 Å². The van der Waals surface area contributed by atoms with Gasteiger partial charge in [0.2, 0.25) is 0 Å². The molecule has 0 amide bonds. The van der Waals surface area contributed by atoms with Crippen molar-refractivity contribution in [3.63, 3.8) is 0 Å². The van der Waals surface area contributed by atoms with Gasteiger partial charge in [-0.1, -0.05) is 0 Å². The Morgan fingerprint density at radius 2 is 2.21 bits per heavy atom. The summed E-state index contributed by atoms with van der Waals surface area (Å²) in [6, 6.07) is 0. The van der Waals surface area contributed by atoms with E-state index in [1.807, 2.05) is 0 Å². The molecule has 2 N–H and O–H groups in total. The smallest absolute Gasteiger partial charge is 0.338 e. The van der Waals surface area contributed by atoms with Gasteiger partial charge >= 0.3 is 5.97 Å². The van der Waals surface area contributed by atoms with Crippen LogP contribution in [0.3, 0.4) is 0 Å². The van der Waals surface area contributed by atoms with E-state index in [4.69, 9.17) is 0 Å². The zero-order valence-corrected chi connectivity index (χ0v) is 9.09. The lowest BCUT2D eigenvalue weighted by molar-refractivity contribution is -0.160. The van der Waals surface area contributed by atoms with Crippen LogP contribution in [0.15, 0.2) is 0 Å². The molecule has 1 atom stereocenters. The second-order valence-corrected chi connectivity index (χ2v) is 4.53. The van der Waals surface area contributed by atoms with Crippen LogP contribution in [0, 0.1) is 0 Å². The number of carbonyl (C=O) groups is 1. The minimum Gasteiger partial charge on any atom is -0.467 e. The van der Waals surface area contributed by atoms with Crippen molar-refractivity contribution in [2.75, 3.05) is 13.7 Å².